The number of halogens is 1. The fourth-order valence-electron chi connectivity index (χ4n) is 3.61. The lowest BCUT2D eigenvalue weighted by atomic mass is 10.1. The molecule has 6 nitrogen and oxygen atoms in total. The van der Waals surface area contributed by atoms with Crippen molar-refractivity contribution in [1.29, 1.82) is 0 Å². The van der Waals surface area contributed by atoms with Crippen LogP contribution in [0.4, 0.5) is 0 Å². The third-order valence-corrected chi connectivity index (χ3v) is 6.22. The van der Waals surface area contributed by atoms with Crippen LogP contribution >= 0.6 is 22.9 Å². The number of aryl methyl sites for hydroxylation is 1. The highest BCUT2D eigenvalue weighted by Crippen LogP contribution is 2.26. The zero-order valence-electron chi connectivity index (χ0n) is 15.7. The molecule has 0 spiro atoms. The van der Waals surface area contributed by atoms with Crippen molar-refractivity contribution >= 4 is 34.5 Å². The highest BCUT2D eigenvalue weighted by molar-refractivity contribution is 7.10. The molecule has 8 heteroatoms. The number of carbonyl (C=O) groups excluding carboxylic acids is 1. The molecule has 148 valence electrons. The lowest BCUT2D eigenvalue weighted by Gasteiger charge is -2.34. The zero-order chi connectivity index (χ0) is 19.5. The van der Waals surface area contributed by atoms with Crippen molar-refractivity contribution < 1.29 is 9.53 Å². The Morgan fingerprint density at radius 2 is 2.18 bits per heavy atom. The van der Waals surface area contributed by atoms with Crippen LogP contribution in [0.15, 0.2) is 35.8 Å². The minimum absolute atomic E-state index is 0.124. The first-order valence-corrected chi connectivity index (χ1v) is 10.7. The quantitative estimate of drug-likeness (QED) is 0.666. The predicted molar refractivity (Wildman–Crippen MR) is 111 cm³/mol. The smallest absolute Gasteiger partial charge is 0.270 e. The van der Waals surface area contributed by atoms with Crippen molar-refractivity contribution in [3.63, 3.8) is 0 Å². The number of thiophene rings is 1. The standard InChI is InChI=1S/C20H23ClN4O2S/c1-2-15-19(25-13-14(21)5-6-18(25)23-15)20(26)22-12-16(17-4-3-11-28-17)24-7-9-27-10-8-24/h3-6,11,13,16H,2,7-10,12H2,1H3,(H,22,26). The molecule has 0 radical (unpaired) electrons. The topological polar surface area (TPSA) is 58.9 Å². The number of nitrogens with zero attached hydrogens (tertiary/aromatic N) is 3. The molecular weight excluding hydrogens is 396 g/mol. The summed E-state index contributed by atoms with van der Waals surface area (Å²) < 4.78 is 7.27. The molecule has 0 bridgehead atoms. The predicted octanol–water partition coefficient (Wildman–Crippen LogP) is 3.41. The highest BCUT2D eigenvalue weighted by atomic mass is 35.5. The molecule has 1 aliphatic heterocycles. The summed E-state index contributed by atoms with van der Waals surface area (Å²) in [6.07, 6.45) is 2.43. The van der Waals surface area contributed by atoms with Crippen LogP contribution in [0, 0.1) is 0 Å². The number of aromatic nitrogens is 2. The number of carbonyl (C=O) groups is 1. The normalized spacial score (nSPS) is 16.4. The number of hydrogen-bond acceptors (Lipinski definition) is 5. The molecule has 1 amide bonds. The Balaban J connectivity index is 1.57. The van der Waals surface area contributed by atoms with E-state index in [1.807, 2.05) is 13.0 Å². The molecule has 1 aliphatic rings. The van der Waals surface area contributed by atoms with E-state index in [-0.39, 0.29) is 11.9 Å². The first kappa shape index (κ1) is 19.4. The van der Waals surface area contributed by atoms with Gasteiger partial charge in [0.1, 0.15) is 11.3 Å². The minimum Gasteiger partial charge on any atom is -0.379 e. The van der Waals surface area contributed by atoms with Crippen molar-refractivity contribution in [3.05, 3.63) is 57.1 Å². The van der Waals surface area contributed by atoms with Crippen molar-refractivity contribution in [2.75, 3.05) is 32.8 Å². The summed E-state index contributed by atoms with van der Waals surface area (Å²) in [7, 11) is 0. The van der Waals surface area contributed by atoms with Gasteiger partial charge < -0.3 is 10.1 Å². The van der Waals surface area contributed by atoms with E-state index in [2.05, 4.69) is 32.7 Å². The van der Waals surface area contributed by atoms with Crippen molar-refractivity contribution in [3.8, 4) is 0 Å². The van der Waals surface area contributed by atoms with E-state index in [9.17, 15) is 4.79 Å². The average Bonchev–Trinajstić information content (AvgIpc) is 3.36. The maximum absolute atomic E-state index is 13.1. The fraction of sp³-hybridized carbons (Fsp3) is 0.400. The van der Waals surface area contributed by atoms with Crippen LogP contribution in [0.25, 0.3) is 5.65 Å². The van der Waals surface area contributed by atoms with Crippen molar-refractivity contribution in [1.82, 2.24) is 19.6 Å². The van der Waals surface area contributed by atoms with Gasteiger partial charge in [-0.3, -0.25) is 14.1 Å². The number of amides is 1. The third-order valence-electron chi connectivity index (χ3n) is 5.02. The number of morpholine rings is 1. The van der Waals surface area contributed by atoms with Crippen LogP contribution in [-0.2, 0) is 11.2 Å². The maximum Gasteiger partial charge on any atom is 0.270 e. The van der Waals surface area contributed by atoms with Gasteiger partial charge in [-0.05, 0) is 30.0 Å². The number of imidazole rings is 1. The van der Waals surface area contributed by atoms with Gasteiger partial charge in [0.05, 0.1) is 30.0 Å². The Morgan fingerprint density at radius 3 is 2.89 bits per heavy atom. The second-order valence-corrected chi connectivity index (χ2v) is 8.14. The van der Waals surface area contributed by atoms with Gasteiger partial charge in [-0.25, -0.2) is 4.98 Å². The second-order valence-electron chi connectivity index (χ2n) is 6.73. The minimum atomic E-state index is -0.124. The van der Waals surface area contributed by atoms with E-state index in [0.29, 0.717) is 23.7 Å². The van der Waals surface area contributed by atoms with Gasteiger partial charge in [0.15, 0.2) is 0 Å². The zero-order valence-corrected chi connectivity index (χ0v) is 17.3. The molecule has 0 saturated carbocycles. The Hall–Kier alpha value is -1.93. The number of nitrogens with one attached hydrogen (secondary N) is 1. The second kappa shape index (κ2) is 8.61. The molecule has 3 aromatic heterocycles. The molecule has 1 N–H and O–H groups in total. The van der Waals surface area contributed by atoms with Gasteiger partial charge in [-0.15, -0.1) is 11.3 Å². The monoisotopic (exact) mass is 418 g/mol. The van der Waals surface area contributed by atoms with E-state index in [4.69, 9.17) is 16.3 Å². The van der Waals surface area contributed by atoms with Crippen molar-refractivity contribution in [2.45, 2.75) is 19.4 Å². The summed E-state index contributed by atoms with van der Waals surface area (Å²) in [6.45, 7) is 5.72. The molecule has 1 unspecified atom stereocenters. The Labute approximate surface area is 173 Å². The molecule has 4 heterocycles. The van der Waals surface area contributed by atoms with Crippen molar-refractivity contribution in [2.24, 2.45) is 0 Å². The molecule has 0 aliphatic carbocycles. The van der Waals surface area contributed by atoms with E-state index >= 15 is 0 Å². The van der Waals surface area contributed by atoms with Crippen LogP contribution in [0.2, 0.25) is 5.02 Å². The lowest BCUT2D eigenvalue weighted by molar-refractivity contribution is 0.0169. The van der Waals surface area contributed by atoms with Crippen LogP contribution in [-0.4, -0.2) is 53.0 Å². The first-order valence-electron chi connectivity index (χ1n) is 9.47. The van der Waals surface area contributed by atoms with E-state index in [1.165, 1.54) is 4.88 Å². The largest absolute Gasteiger partial charge is 0.379 e. The molecular formula is C20H23ClN4O2S. The summed E-state index contributed by atoms with van der Waals surface area (Å²) in [5.41, 5.74) is 2.07. The van der Waals surface area contributed by atoms with E-state index in [1.54, 1.807) is 28.0 Å². The summed E-state index contributed by atoms with van der Waals surface area (Å²) in [5.74, 6) is -0.124. The van der Waals surface area contributed by atoms with Crippen LogP contribution in [0.1, 0.15) is 34.0 Å². The highest BCUT2D eigenvalue weighted by Gasteiger charge is 2.25. The number of hydrogen-bond donors (Lipinski definition) is 1. The molecule has 1 saturated heterocycles. The molecule has 1 fully saturated rings. The number of pyridine rings is 1. The summed E-state index contributed by atoms with van der Waals surface area (Å²) in [5, 5.41) is 5.79. The summed E-state index contributed by atoms with van der Waals surface area (Å²) in [4.78, 5) is 21.3. The number of rotatable bonds is 6. The van der Waals surface area contributed by atoms with Gasteiger partial charge in [-0.2, -0.15) is 0 Å². The third kappa shape index (κ3) is 3.93. The SMILES string of the molecule is CCc1nc2ccc(Cl)cn2c1C(=O)NCC(c1cccs1)N1CCOCC1. The van der Waals surface area contributed by atoms with Gasteiger partial charge in [0, 0.05) is 30.7 Å². The maximum atomic E-state index is 13.1. The number of ether oxygens (including phenoxy) is 1. The first-order chi connectivity index (χ1) is 13.7. The molecule has 4 rings (SSSR count). The summed E-state index contributed by atoms with van der Waals surface area (Å²) >= 11 is 7.86. The molecule has 28 heavy (non-hydrogen) atoms. The van der Waals surface area contributed by atoms with Gasteiger partial charge in [0.2, 0.25) is 0 Å². The number of fused-ring (bicyclic) bond motifs is 1. The van der Waals surface area contributed by atoms with Gasteiger partial charge in [0.25, 0.3) is 5.91 Å². The lowest BCUT2D eigenvalue weighted by Crippen LogP contribution is -2.43. The molecule has 3 aromatic rings. The Morgan fingerprint density at radius 1 is 1.36 bits per heavy atom. The Kier molecular flexibility index (Phi) is 5.96. The van der Waals surface area contributed by atoms with E-state index in [0.717, 1.165) is 37.6 Å². The van der Waals surface area contributed by atoms with Gasteiger partial charge >= 0.3 is 0 Å². The average molecular weight is 419 g/mol. The van der Waals surface area contributed by atoms with Crippen LogP contribution in [0.5, 0.6) is 0 Å². The summed E-state index contributed by atoms with van der Waals surface area (Å²) in [6, 6.07) is 7.94. The van der Waals surface area contributed by atoms with Gasteiger partial charge in [-0.1, -0.05) is 24.6 Å². The van der Waals surface area contributed by atoms with Crippen LogP contribution in [0.3, 0.4) is 0 Å². The fourth-order valence-corrected chi connectivity index (χ4v) is 4.63. The Bertz CT molecular complexity index is 951. The van der Waals surface area contributed by atoms with E-state index < -0.39 is 0 Å². The molecule has 1 atom stereocenters. The van der Waals surface area contributed by atoms with Crippen LogP contribution < -0.4 is 5.32 Å². The molecule has 0 aromatic carbocycles.